The lowest BCUT2D eigenvalue weighted by Crippen LogP contribution is -2.43. The van der Waals surface area contributed by atoms with E-state index in [1.54, 1.807) is 18.2 Å². The minimum Gasteiger partial charge on any atom is -0.482 e. The minimum atomic E-state index is -0.200. The largest absolute Gasteiger partial charge is 0.482 e. The average molecular weight is 291 g/mol. The molecule has 0 saturated carbocycles. The molecule has 3 rings (SSSR count). The molecule has 3 N–H and O–H groups in total. The maximum atomic E-state index is 12.0. The lowest BCUT2D eigenvalue weighted by atomic mass is 10.2. The highest BCUT2D eigenvalue weighted by molar-refractivity contribution is 5.97. The Morgan fingerprint density at radius 1 is 1.43 bits per heavy atom. The number of hydrogen-bond acceptors (Lipinski definition) is 5. The van der Waals surface area contributed by atoms with E-state index in [1.807, 2.05) is 0 Å². The minimum absolute atomic E-state index is 0.0199. The molecule has 2 aliphatic heterocycles. The van der Waals surface area contributed by atoms with Crippen LogP contribution in [-0.2, 0) is 14.3 Å². The van der Waals surface area contributed by atoms with Crippen molar-refractivity contribution in [3.05, 3.63) is 18.2 Å². The highest BCUT2D eigenvalue weighted by Crippen LogP contribution is 2.30. The molecule has 2 amide bonds. The van der Waals surface area contributed by atoms with E-state index in [0.717, 1.165) is 6.54 Å². The van der Waals surface area contributed by atoms with Crippen LogP contribution in [0.4, 0.5) is 11.4 Å². The van der Waals surface area contributed by atoms with Gasteiger partial charge in [-0.3, -0.25) is 9.59 Å². The summed E-state index contributed by atoms with van der Waals surface area (Å²) in [5.41, 5.74) is 1.20. The Hall–Kier alpha value is -2.12. The van der Waals surface area contributed by atoms with Gasteiger partial charge in [0.1, 0.15) is 5.75 Å². The van der Waals surface area contributed by atoms with Gasteiger partial charge in [0.15, 0.2) is 6.61 Å². The Kier molecular flexibility index (Phi) is 4.03. The summed E-state index contributed by atoms with van der Waals surface area (Å²) in [4.78, 5) is 23.3. The summed E-state index contributed by atoms with van der Waals surface area (Å²) >= 11 is 0. The van der Waals surface area contributed by atoms with Crippen LogP contribution in [0.1, 0.15) is 6.42 Å². The molecule has 7 heteroatoms. The van der Waals surface area contributed by atoms with Gasteiger partial charge in [-0.1, -0.05) is 0 Å². The zero-order valence-electron chi connectivity index (χ0n) is 11.5. The molecule has 0 aliphatic carbocycles. The van der Waals surface area contributed by atoms with Gasteiger partial charge >= 0.3 is 0 Å². The second-order valence-electron chi connectivity index (χ2n) is 5.03. The molecule has 1 fully saturated rings. The molecule has 0 spiro atoms. The van der Waals surface area contributed by atoms with Gasteiger partial charge in [0, 0.05) is 24.7 Å². The van der Waals surface area contributed by atoms with E-state index in [1.165, 1.54) is 0 Å². The molecule has 0 bridgehead atoms. The Morgan fingerprint density at radius 3 is 3.14 bits per heavy atom. The Labute approximate surface area is 122 Å². The number of carbonyl (C=O) groups excluding carboxylic acids is 2. The van der Waals surface area contributed by atoms with Gasteiger partial charge in [-0.25, -0.2) is 0 Å². The molecule has 21 heavy (non-hydrogen) atoms. The maximum absolute atomic E-state index is 12.0. The number of rotatable bonds is 3. The van der Waals surface area contributed by atoms with Crippen LogP contribution in [0.5, 0.6) is 5.75 Å². The third kappa shape index (κ3) is 3.50. The van der Waals surface area contributed by atoms with Crippen LogP contribution in [0.3, 0.4) is 0 Å². The number of carbonyl (C=O) groups is 2. The van der Waals surface area contributed by atoms with Gasteiger partial charge in [-0.2, -0.15) is 0 Å². The molecule has 2 heterocycles. The van der Waals surface area contributed by atoms with E-state index in [-0.39, 0.29) is 24.5 Å². The fraction of sp³-hybridized carbons (Fsp3) is 0.429. The fourth-order valence-electron chi connectivity index (χ4n) is 2.35. The number of hydrogen-bond donors (Lipinski definition) is 3. The van der Waals surface area contributed by atoms with Gasteiger partial charge < -0.3 is 25.4 Å². The summed E-state index contributed by atoms with van der Waals surface area (Å²) in [6, 6.07) is 5.21. The zero-order chi connectivity index (χ0) is 14.7. The quantitative estimate of drug-likeness (QED) is 0.747. The first-order chi connectivity index (χ1) is 10.2. The SMILES string of the molecule is O=C(CC1COCCN1)Nc1ccc2c(c1)NC(=O)CO2. The maximum Gasteiger partial charge on any atom is 0.262 e. The summed E-state index contributed by atoms with van der Waals surface area (Å²) in [6.07, 6.45) is 0.347. The average Bonchev–Trinajstić information content (AvgIpc) is 2.47. The monoisotopic (exact) mass is 291 g/mol. The van der Waals surface area contributed by atoms with Crippen molar-refractivity contribution in [1.29, 1.82) is 0 Å². The molecule has 1 atom stereocenters. The predicted octanol–water partition coefficient (Wildman–Crippen LogP) is 0.334. The van der Waals surface area contributed by atoms with Gasteiger partial charge in [-0.15, -0.1) is 0 Å². The van der Waals surface area contributed by atoms with Gasteiger partial charge in [0.25, 0.3) is 5.91 Å². The number of ether oxygens (including phenoxy) is 2. The second-order valence-corrected chi connectivity index (χ2v) is 5.03. The first-order valence-corrected chi connectivity index (χ1v) is 6.88. The fourth-order valence-corrected chi connectivity index (χ4v) is 2.35. The van der Waals surface area contributed by atoms with Crippen molar-refractivity contribution in [2.24, 2.45) is 0 Å². The topological polar surface area (TPSA) is 88.7 Å². The van der Waals surface area contributed by atoms with Crippen LogP contribution in [-0.4, -0.2) is 44.2 Å². The molecule has 1 aromatic carbocycles. The molecular weight excluding hydrogens is 274 g/mol. The van der Waals surface area contributed by atoms with E-state index in [2.05, 4.69) is 16.0 Å². The number of nitrogens with one attached hydrogen (secondary N) is 3. The highest BCUT2D eigenvalue weighted by Gasteiger charge is 2.19. The lowest BCUT2D eigenvalue weighted by Gasteiger charge is -2.23. The molecule has 0 aromatic heterocycles. The number of benzene rings is 1. The van der Waals surface area contributed by atoms with Crippen LogP contribution in [0.25, 0.3) is 0 Å². The van der Waals surface area contributed by atoms with Crippen LogP contribution in [0.15, 0.2) is 18.2 Å². The van der Waals surface area contributed by atoms with Crippen molar-refractivity contribution in [3.63, 3.8) is 0 Å². The van der Waals surface area contributed by atoms with E-state index in [4.69, 9.17) is 9.47 Å². The number of fused-ring (bicyclic) bond motifs is 1. The number of amides is 2. The third-order valence-corrected chi connectivity index (χ3v) is 3.33. The zero-order valence-corrected chi connectivity index (χ0v) is 11.5. The molecule has 112 valence electrons. The number of anilines is 2. The summed E-state index contributed by atoms with van der Waals surface area (Å²) < 4.78 is 10.6. The third-order valence-electron chi connectivity index (χ3n) is 3.33. The Balaban J connectivity index is 1.60. The van der Waals surface area contributed by atoms with E-state index < -0.39 is 0 Å². The van der Waals surface area contributed by atoms with Crippen LogP contribution in [0, 0.1) is 0 Å². The van der Waals surface area contributed by atoms with Crippen molar-refractivity contribution in [3.8, 4) is 5.75 Å². The first kappa shape index (κ1) is 13.8. The van der Waals surface area contributed by atoms with E-state index in [0.29, 0.717) is 36.8 Å². The standard InChI is InChI=1S/C14H17N3O4/c18-13(6-10-7-20-4-3-15-10)16-9-1-2-12-11(5-9)17-14(19)8-21-12/h1-2,5,10,15H,3-4,6-8H2,(H,16,18)(H,17,19). The van der Waals surface area contributed by atoms with Gasteiger partial charge in [0.2, 0.25) is 5.91 Å². The molecule has 1 aromatic rings. The molecule has 7 nitrogen and oxygen atoms in total. The smallest absolute Gasteiger partial charge is 0.262 e. The summed E-state index contributed by atoms with van der Waals surface area (Å²) in [6.45, 7) is 2.01. The van der Waals surface area contributed by atoms with Crippen LogP contribution < -0.4 is 20.7 Å². The van der Waals surface area contributed by atoms with Crippen molar-refractivity contribution in [1.82, 2.24) is 5.32 Å². The molecule has 1 saturated heterocycles. The van der Waals surface area contributed by atoms with Gasteiger partial charge in [-0.05, 0) is 18.2 Å². The lowest BCUT2D eigenvalue weighted by molar-refractivity contribution is -0.118. The number of morpholine rings is 1. The summed E-state index contributed by atoms with van der Waals surface area (Å²) in [5, 5.41) is 8.75. The highest BCUT2D eigenvalue weighted by atomic mass is 16.5. The first-order valence-electron chi connectivity index (χ1n) is 6.88. The van der Waals surface area contributed by atoms with Crippen molar-refractivity contribution in [2.75, 3.05) is 37.0 Å². The normalized spacial score (nSPS) is 21.0. The molecule has 1 unspecified atom stereocenters. The predicted molar refractivity (Wildman–Crippen MR) is 76.4 cm³/mol. The van der Waals surface area contributed by atoms with Crippen LogP contribution in [0.2, 0.25) is 0 Å². The Morgan fingerprint density at radius 2 is 2.33 bits per heavy atom. The summed E-state index contributed by atoms with van der Waals surface area (Å²) in [7, 11) is 0. The van der Waals surface area contributed by atoms with E-state index >= 15 is 0 Å². The molecule has 0 radical (unpaired) electrons. The molecular formula is C14H17N3O4. The molecule has 2 aliphatic rings. The van der Waals surface area contributed by atoms with Crippen molar-refractivity contribution in [2.45, 2.75) is 12.5 Å². The van der Waals surface area contributed by atoms with Crippen LogP contribution >= 0.6 is 0 Å². The Bertz CT molecular complexity index is 555. The van der Waals surface area contributed by atoms with Gasteiger partial charge in [0.05, 0.1) is 18.9 Å². The van der Waals surface area contributed by atoms with Crippen molar-refractivity contribution < 1.29 is 19.1 Å². The van der Waals surface area contributed by atoms with E-state index in [9.17, 15) is 9.59 Å². The second kappa shape index (κ2) is 6.11. The summed E-state index contributed by atoms with van der Waals surface area (Å²) in [5.74, 6) is 0.311. The van der Waals surface area contributed by atoms with Crippen molar-refractivity contribution >= 4 is 23.2 Å².